The summed E-state index contributed by atoms with van der Waals surface area (Å²) in [7, 11) is -4.16. The average Bonchev–Trinajstić information content (AvgIpc) is 2.19. The van der Waals surface area contributed by atoms with Gasteiger partial charge in [-0.15, -0.1) is 0 Å². The minimum Gasteiger partial charge on any atom is -0.744 e. The van der Waals surface area contributed by atoms with Crippen LogP contribution >= 0.6 is 0 Å². The summed E-state index contributed by atoms with van der Waals surface area (Å²) in [4.78, 5) is 0. The molecule has 0 aliphatic heterocycles. The van der Waals surface area contributed by atoms with Crippen LogP contribution in [0.15, 0.2) is 11.5 Å². The Bertz CT molecular complexity index is 268. The predicted molar refractivity (Wildman–Crippen MR) is 66.1 cm³/mol. The van der Waals surface area contributed by atoms with Crippen LogP contribution in [0.5, 0.6) is 0 Å². The smallest absolute Gasteiger partial charge is 0.117 e. The van der Waals surface area contributed by atoms with Crippen LogP contribution in [-0.4, -0.2) is 13.0 Å². The minimum absolute atomic E-state index is 0.691. The lowest BCUT2D eigenvalue weighted by molar-refractivity contribution is 0.474. The van der Waals surface area contributed by atoms with Crippen molar-refractivity contribution in [1.82, 2.24) is 0 Å². The topological polar surface area (TPSA) is 57.2 Å². The standard InChI is InChI=1S/C12H24O3S/c1-2-3-4-5-6-7-8-9-10-11-12-16(13,14)15/h11-12H,2-10H2,1H3,(H,13,14,15)/p-1. The van der Waals surface area contributed by atoms with Crippen molar-refractivity contribution in [3.63, 3.8) is 0 Å². The first-order valence-electron chi connectivity index (χ1n) is 6.18. The molecule has 0 aromatic heterocycles. The van der Waals surface area contributed by atoms with Gasteiger partial charge in [-0.2, -0.15) is 0 Å². The molecule has 0 heterocycles. The first-order chi connectivity index (χ1) is 7.56. The fourth-order valence-corrected chi connectivity index (χ4v) is 1.95. The van der Waals surface area contributed by atoms with E-state index in [9.17, 15) is 13.0 Å². The van der Waals surface area contributed by atoms with E-state index in [0.717, 1.165) is 18.2 Å². The molecule has 96 valence electrons. The van der Waals surface area contributed by atoms with Crippen molar-refractivity contribution < 1.29 is 13.0 Å². The molecule has 3 nitrogen and oxygen atoms in total. The van der Waals surface area contributed by atoms with Gasteiger partial charge in [-0.05, 0) is 12.8 Å². The molecule has 0 spiro atoms. The van der Waals surface area contributed by atoms with Crippen LogP contribution < -0.4 is 0 Å². The molecule has 0 aromatic carbocycles. The van der Waals surface area contributed by atoms with Crippen molar-refractivity contribution in [2.75, 3.05) is 0 Å². The van der Waals surface area contributed by atoms with Gasteiger partial charge in [-0.25, -0.2) is 8.42 Å². The molecule has 0 N–H and O–H groups in total. The summed E-state index contributed by atoms with van der Waals surface area (Å²) in [6, 6.07) is 0. The molecule has 0 unspecified atom stereocenters. The van der Waals surface area contributed by atoms with E-state index in [1.165, 1.54) is 44.6 Å². The summed E-state index contributed by atoms with van der Waals surface area (Å²) in [6.45, 7) is 2.20. The Kier molecular flexibility index (Phi) is 9.63. The lowest BCUT2D eigenvalue weighted by Crippen LogP contribution is -1.89. The fraction of sp³-hybridized carbons (Fsp3) is 0.833. The largest absolute Gasteiger partial charge is 0.744 e. The zero-order valence-electron chi connectivity index (χ0n) is 10.2. The zero-order valence-corrected chi connectivity index (χ0v) is 11.0. The fourth-order valence-electron chi connectivity index (χ4n) is 1.58. The molecule has 4 heteroatoms. The third-order valence-corrected chi connectivity index (χ3v) is 3.01. The van der Waals surface area contributed by atoms with Gasteiger partial charge in [-0.3, -0.25) is 0 Å². The van der Waals surface area contributed by atoms with Crippen LogP contribution in [-0.2, 0) is 10.1 Å². The summed E-state index contributed by atoms with van der Waals surface area (Å²) in [6.07, 6.45) is 11.9. The Balaban J connectivity index is 3.19. The zero-order chi connectivity index (χ0) is 12.3. The molecular formula is C12H23O3S-. The Morgan fingerprint density at radius 1 is 0.938 bits per heavy atom. The van der Waals surface area contributed by atoms with Crippen molar-refractivity contribution >= 4 is 10.1 Å². The van der Waals surface area contributed by atoms with Gasteiger partial charge in [0.25, 0.3) is 0 Å². The highest BCUT2D eigenvalue weighted by molar-refractivity contribution is 7.88. The van der Waals surface area contributed by atoms with Crippen molar-refractivity contribution in [1.29, 1.82) is 0 Å². The molecule has 16 heavy (non-hydrogen) atoms. The maximum atomic E-state index is 10.2. The third kappa shape index (κ3) is 13.7. The van der Waals surface area contributed by atoms with Gasteiger partial charge in [0.05, 0.1) is 0 Å². The van der Waals surface area contributed by atoms with Gasteiger partial charge < -0.3 is 4.55 Å². The first-order valence-corrected chi connectivity index (χ1v) is 7.66. The number of hydrogen-bond donors (Lipinski definition) is 0. The van der Waals surface area contributed by atoms with Gasteiger partial charge in [0.2, 0.25) is 0 Å². The Labute approximate surface area is 99.7 Å². The molecular weight excluding hydrogens is 224 g/mol. The molecule has 0 aliphatic carbocycles. The quantitative estimate of drug-likeness (QED) is 0.438. The predicted octanol–water partition coefficient (Wildman–Crippen LogP) is 3.58. The second-order valence-electron chi connectivity index (χ2n) is 4.13. The van der Waals surface area contributed by atoms with Gasteiger partial charge in [0, 0.05) is 5.41 Å². The highest BCUT2D eigenvalue weighted by Crippen LogP contribution is 2.09. The SMILES string of the molecule is CCCCCCCCCCC=CS(=O)(=O)[O-]. The Morgan fingerprint density at radius 2 is 1.44 bits per heavy atom. The van der Waals surface area contributed by atoms with E-state index in [4.69, 9.17) is 0 Å². The molecule has 0 rings (SSSR count). The van der Waals surface area contributed by atoms with Crippen LogP contribution in [0.1, 0.15) is 64.7 Å². The van der Waals surface area contributed by atoms with Gasteiger partial charge >= 0.3 is 0 Å². The first kappa shape index (κ1) is 15.7. The second-order valence-corrected chi connectivity index (χ2v) is 5.39. The van der Waals surface area contributed by atoms with E-state index in [0.29, 0.717) is 6.42 Å². The molecule has 0 saturated carbocycles. The number of hydrogen-bond acceptors (Lipinski definition) is 3. The van der Waals surface area contributed by atoms with E-state index < -0.39 is 10.1 Å². The van der Waals surface area contributed by atoms with Crippen LogP contribution in [0.25, 0.3) is 0 Å². The lowest BCUT2D eigenvalue weighted by Gasteiger charge is -2.00. The second kappa shape index (κ2) is 9.85. The van der Waals surface area contributed by atoms with Gasteiger partial charge in [-0.1, -0.05) is 57.9 Å². The molecule has 0 fully saturated rings. The lowest BCUT2D eigenvalue weighted by atomic mass is 10.1. The van der Waals surface area contributed by atoms with Crippen LogP contribution in [0, 0.1) is 0 Å². The molecule has 0 radical (unpaired) electrons. The Morgan fingerprint density at radius 3 is 1.94 bits per heavy atom. The Hall–Kier alpha value is -0.350. The molecule has 0 aromatic rings. The summed E-state index contributed by atoms with van der Waals surface area (Å²) in [5, 5.41) is 0.758. The summed E-state index contributed by atoms with van der Waals surface area (Å²) < 4.78 is 30.7. The summed E-state index contributed by atoms with van der Waals surface area (Å²) in [5.74, 6) is 0. The average molecular weight is 247 g/mol. The highest BCUT2D eigenvalue weighted by Gasteiger charge is 1.90. The molecule has 0 atom stereocenters. The van der Waals surface area contributed by atoms with Crippen molar-refractivity contribution in [2.45, 2.75) is 64.7 Å². The summed E-state index contributed by atoms with van der Waals surface area (Å²) in [5.41, 5.74) is 0. The van der Waals surface area contributed by atoms with E-state index in [2.05, 4.69) is 6.92 Å². The van der Waals surface area contributed by atoms with Crippen LogP contribution in [0.4, 0.5) is 0 Å². The third-order valence-electron chi connectivity index (χ3n) is 2.49. The minimum atomic E-state index is -4.16. The number of unbranched alkanes of at least 4 members (excludes halogenated alkanes) is 8. The molecule has 0 amide bonds. The monoisotopic (exact) mass is 247 g/mol. The highest BCUT2D eigenvalue weighted by atomic mass is 32.2. The van der Waals surface area contributed by atoms with E-state index in [1.54, 1.807) is 0 Å². The molecule has 0 aliphatic rings. The van der Waals surface area contributed by atoms with Crippen LogP contribution in [0.2, 0.25) is 0 Å². The van der Waals surface area contributed by atoms with Crippen molar-refractivity contribution in [2.24, 2.45) is 0 Å². The molecule has 0 saturated heterocycles. The van der Waals surface area contributed by atoms with E-state index in [1.807, 2.05) is 0 Å². The van der Waals surface area contributed by atoms with Gasteiger partial charge in [0.15, 0.2) is 0 Å². The maximum absolute atomic E-state index is 10.2. The van der Waals surface area contributed by atoms with Gasteiger partial charge in [0.1, 0.15) is 10.1 Å². The van der Waals surface area contributed by atoms with Crippen LogP contribution in [0.3, 0.4) is 0 Å². The molecule has 0 bridgehead atoms. The van der Waals surface area contributed by atoms with Crippen molar-refractivity contribution in [3.05, 3.63) is 11.5 Å². The van der Waals surface area contributed by atoms with E-state index in [-0.39, 0.29) is 0 Å². The summed E-state index contributed by atoms with van der Waals surface area (Å²) >= 11 is 0. The number of rotatable bonds is 10. The van der Waals surface area contributed by atoms with E-state index >= 15 is 0 Å². The normalized spacial score (nSPS) is 12.4. The van der Waals surface area contributed by atoms with Crippen molar-refractivity contribution in [3.8, 4) is 0 Å². The maximum Gasteiger partial charge on any atom is 0.117 e. The number of allylic oxidation sites excluding steroid dienone is 1.